The molecule has 1 amide bonds. The number of anilines is 1. The van der Waals surface area contributed by atoms with E-state index in [1.54, 1.807) is 12.1 Å². The van der Waals surface area contributed by atoms with Gasteiger partial charge in [0.05, 0.1) is 17.6 Å². The Bertz CT molecular complexity index is 945. The number of amides is 1. The number of hydrogen-bond acceptors (Lipinski definition) is 6. The zero-order valence-electron chi connectivity index (χ0n) is 16.7. The maximum atomic E-state index is 12.7. The quantitative estimate of drug-likeness (QED) is 0.481. The average Bonchev–Trinajstić information content (AvgIpc) is 2.74. The first kappa shape index (κ1) is 22.5. The number of rotatable bonds is 8. The standard InChI is InChI=1S/C20H24N2O6S/c1-5-22(17-9-7-6-8-10-17)19(23)15(2)28-20(24)16-11-13-18(14-12-16)29(25,26)21(3)27-4/h6-15H,5H2,1-4H3/t15-/m1/s1. The van der Waals surface area contributed by atoms with Gasteiger partial charge < -0.3 is 9.64 Å². The van der Waals surface area contributed by atoms with E-state index in [2.05, 4.69) is 0 Å². The van der Waals surface area contributed by atoms with Crippen LogP contribution in [0.2, 0.25) is 0 Å². The van der Waals surface area contributed by atoms with E-state index in [1.807, 2.05) is 25.1 Å². The second-order valence-electron chi connectivity index (χ2n) is 6.09. The van der Waals surface area contributed by atoms with E-state index in [9.17, 15) is 18.0 Å². The summed E-state index contributed by atoms with van der Waals surface area (Å²) in [5.41, 5.74) is 0.839. The molecule has 0 fully saturated rings. The highest BCUT2D eigenvalue weighted by Gasteiger charge is 2.25. The van der Waals surface area contributed by atoms with Crippen molar-refractivity contribution in [3.05, 3.63) is 60.2 Å². The van der Waals surface area contributed by atoms with E-state index in [0.29, 0.717) is 16.7 Å². The first-order valence-electron chi connectivity index (χ1n) is 8.92. The lowest BCUT2D eigenvalue weighted by atomic mass is 10.2. The Hall–Kier alpha value is -2.75. The molecule has 0 N–H and O–H groups in total. The summed E-state index contributed by atoms with van der Waals surface area (Å²) in [5, 5.41) is 0. The normalized spacial score (nSPS) is 12.4. The Morgan fingerprint density at radius 1 is 1.03 bits per heavy atom. The molecule has 0 aliphatic heterocycles. The first-order valence-corrected chi connectivity index (χ1v) is 10.4. The highest BCUT2D eigenvalue weighted by molar-refractivity contribution is 7.89. The van der Waals surface area contributed by atoms with Gasteiger partial charge in [-0.05, 0) is 50.2 Å². The van der Waals surface area contributed by atoms with Crippen LogP contribution in [0.1, 0.15) is 24.2 Å². The topological polar surface area (TPSA) is 93.2 Å². The molecule has 0 aliphatic rings. The Morgan fingerprint density at radius 2 is 1.62 bits per heavy atom. The molecule has 0 saturated heterocycles. The summed E-state index contributed by atoms with van der Waals surface area (Å²) < 4.78 is 30.4. The summed E-state index contributed by atoms with van der Waals surface area (Å²) in [6, 6.07) is 14.3. The van der Waals surface area contributed by atoms with Crippen molar-refractivity contribution >= 4 is 27.6 Å². The van der Waals surface area contributed by atoms with Crippen molar-refractivity contribution < 1.29 is 27.6 Å². The number of hydroxylamine groups is 1. The highest BCUT2D eigenvalue weighted by atomic mass is 32.2. The predicted octanol–water partition coefficient (Wildman–Crippen LogP) is 2.47. The van der Waals surface area contributed by atoms with Gasteiger partial charge in [-0.3, -0.25) is 9.63 Å². The van der Waals surface area contributed by atoms with Crippen LogP contribution in [0.15, 0.2) is 59.5 Å². The summed E-state index contributed by atoms with van der Waals surface area (Å²) in [5.74, 6) is -1.08. The van der Waals surface area contributed by atoms with Gasteiger partial charge in [-0.25, -0.2) is 13.2 Å². The second kappa shape index (κ2) is 9.64. The molecule has 0 aromatic heterocycles. The van der Waals surface area contributed by atoms with Crippen LogP contribution < -0.4 is 4.90 Å². The molecular formula is C20H24N2O6S. The lowest BCUT2D eigenvalue weighted by molar-refractivity contribution is -0.126. The van der Waals surface area contributed by atoms with E-state index in [4.69, 9.17) is 9.57 Å². The molecule has 29 heavy (non-hydrogen) atoms. The number of carbonyl (C=O) groups excluding carboxylic acids is 2. The minimum atomic E-state index is -3.82. The number of para-hydroxylation sites is 1. The summed E-state index contributed by atoms with van der Waals surface area (Å²) in [7, 11) is -1.32. The summed E-state index contributed by atoms with van der Waals surface area (Å²) >= 11 is 0. The molecule has 0 radical (unpaired) electrons. The lowest BCUT2D eigenvalue weighted by Gasteiger charge is -2.24. The van der Waals surface area contributed by atoms with Gasteiger partial charge in [0.25, 0.3) is 15.9 Å². The third-order valence-electron chi connectivity index (χ3n) is 4.27. The Labute approximate surface area is 170 Å². The molecule has 2 aromatic rings. The van der Waals surface area contributed by atoms with Crippen LogP contribution in [0.25, 0.3) is 0 Å². The Kier molecular flexibility index (Phi) is 7.49. The molecular weight excluding hydrogens is 396 g/mol. The van der Waals surface area contributed by atoms with E-state index in [1.165, 1.54) is 50.2 Å². The van der Waals surface area contributed by atoms with E-state index in [0.717, 1.165) is 0 Å². The van der Waals surface area contributed by atoms with Crippen molar-refractivity contribution in [1.82, 2.24) is 4.47 Å². The van der Waals surface area contributed by atoms with Crippen LogP contribution in [-0.2, 0) is 24.4 Å². The SMILES string of the molecule is CCN(C(=O)[C@@H](C)OC(=O)c1ccc(S(=O)(=O)N(C)OC)cc1)c1ccccc1. The monoisotopic (exact) mass is 420 g/mol. The largest absolute Gasteiger partial charge is 0.449 e. The van der Waals surface area contributed by atoms with Crippen molar-refractivity contribution in [2.75, 3.05) is 25.6 Å². The first-order chi connectivity index (χ1) is 13.7. The smallest absolute Gasteiger partial charge is 0.338 e. The van der Waals surface area contributed by atoms with Crippen LogP contribution in [0, 0.1) is 0 Å². The Balaban J connectivity index is 2.10. The number of likely N-dealkylation sites (N-methyl/N-ethyl adjacent to an activating group) is 1. The molecule has 1 atom stereocenters. The van der Waals surface area contributed by atoms with E-state index < -0.39 is 22.1 Å². The van der Waals surface area contributed by atoms with Gasteiger partial charge in [0.2, 0.25) is 0 Å². The Morgan fingerprint density at radius 3 is 2.14 bits per heavy atom. The number of benzene rings is 2. The molecule has 0 unspecified atom stereocenters. The fourth-order valence-electron chi connectivity index (χ4n) is 2.58. The molecule has 8 nitrogen and oxygen atoms in total. The molecule has 0 saturated carbocycles. The van der Waals surface area contributed by atoms with Crippen molar-refractivity contribution in [3.63, 3.8) is 0 Å². The molecule has 0 aliphatic carbocycles. The minimum absolute atomic E-state index is 0.0382. The number of carbonyl (C=O) groups is 2. The number of nitrogens with zero attached hydrogens (tertiary/aromatic N) is 2. The molecule has 9 heteroatoms. The molecule has 0 heterocycles. The number of ether oxygens (including phenoxy) is 1. The van der Waals surface area contributed by atoms with Crippen LogP contribution in [0.3, 0.4) is 0 Å². The molecule has 0 bridgehead atoms. The van der Waals surface area contributed by atoms with Crippen molar-refractivity contribution in [2.45, 2.75) is 24.8 Å². The minimum Gasteiger partial charge on any atom is -0.449 e. The maximum absolute atomic E-state index is 12.7. The van der Waals surface area contributed by atoms with Gasteiger partial charge in [-0.2, -0.15) is 0 Å². The van der Waals surface area contributed by atoms with Gasteiger partial charge in [0.1, 0.15) is 0 Å². The number of esters is 1. The lowest BCUT2D eigenvalue weighted by Crippen LogP contribution is -2.40. The third-order valence-corrected chi connectivity index (χ3v) is 5.96. The van der Waals surface area contributed by atoms with Crippen molar-refractivity contribution in [2.24, 2.45) is 0 Å². The molecule has 2 aromatic carbocycles. The van der Waals surface area contributed by atoms with Crippen molar-refractivity contribution in [1.29, 1.82) is 0 Å². The average molecular weight is 420 g/mol. The molecule has 2 rings (SSSR count). The number of sulfonamides is 1. The van der Waals surface area contributed by atoms with Gasteiger partial charge >= 0.3 is 5.97 Å². The fraction of sp³-hybridized carbons (Fsp3) is 0.300. The molecule has 0 spiro atoms. The van der Waals surface area contributed by atoms with Gasteiger partial charge in [-0.15, -0.1) is 0 Å². The zero-order valence-corrected chi connectivity index (χ0v) is 17.5. The van der Waals surface area contributed by atoms with Gasteiger partial charge in [0.15, 0.2) is 6.10 Å². The predicted molar refractivity (Wildman–Crippen MR) is 108 cm³/mol. The van der Waals surface area contributed by atoms with Crippen LogP contribution in [-0.4, -0.2) is 51.6 Å². The summed E-state index contributed by atoms with van der Waals surface area (Å²) in [4.78, 5) is 31.3. The maximum Gasteiger partial charge on any atom is 0.338 e. The highest BCUT2D eigenvalue weighted by Crippen LogP contribution is 2.18. The van der Waals surface area contributed by atoms with E-state index >= 15 is 0 Å². The van der Waals surface area contributed by atoms with Gasteiger partial charge in [-0.1, -0.05) is 22.7 Å². The van der Waals surface area contributed by atoms with Gasteiger partial charge in [0, 0.05) is 19.3 Å². The van der Waals surface area contributed by atoms with E-state index in [-0.39, 0.29) is 16.4 Å². The van der Waals surface area contributed by atoms with Crippen LogP contribution >= 0.6 is 0 Å². The van der Waals surface area contributed by atoms with Crippen LogP contribution in [0.4, 0.5) is 5.69 Å². The van der Waals surface area contributed by atoms with Crippen molar-refractivity contribution in [3.8, 4) is 0 Å². The second-order valence-corrected chi connectivity index (χ2v) is 8.02. The third kappa shape index (κ3) is 5.20. The summed E-state index contributed by atoms with van der Waals surface area (Å²) in [6.45, 7) is 3.75. The summed E-state index contributed by atoms with van der Waals surface area (Å²) in [6.07, 6.45) is -1.01. The number of hydrogen-bond donors (Lipinski definition) is 0. The zero-order chi connectivity index (χ0) is 21.6. The van der Waals surface area contributed by atoms with Crippen LogP contribution in [0.5, 0.6) is 0 Å². The molecule has 156 valence electrons. The fourth-order valence-corrected chi connectivity index (χ4v) is 3.55.